The average Bonchev–Trinajstić information content (AvgIpc) is 2.29. The lowest BCUT2D eigenvalue weighted by molar-refractivity contribution is 0.112. The molecule has 0 aliphatic heterocycles. The fourth-order valence-corrected chi connectivity index (χ4v) is 1.57. The van der Waals surface area contributed by atoms with Gasteiger partial charge >= 0.3 is 0 Å². The molecule has 0 fully saturated rings. The van der Waals surface area contributed by atoms with Gasteiger partial charge in [-0.1, -0.05) is 13.8 Å². The average molecular weight is 223 g/mol. The zero-order valence-electron chi connectivity index (χ0n) is 9.60. The molecule has 0 atom stereocenters. The minimum Gasteiger partial charge on any atom is -0.504 e. The van der Waals surface area contributed by atoms with Crippen LogP contribution in [0.4, 0.5) is 0 Å². The summed E-state index contributed by atoms with van der Waals surface area (Å²) < 4.78 is 0. The zero-order valence-corrected chi connectivity index (χ0v) is 9.60. The van der Waals surface area contributed by atoms with Gasteiger partial charge in [-0.25, -0.2) is 0 Å². The van der Waals surface area contributed by atoms with Crippen molar-refractivity contribution in [1.29, 1.82) is 0 Å². The minimum atomic E-state index is -0.259. The first kappa shape index (κ1) is 12.5. The highest BCUT2D eigenvalue weighted by Gasteiger charge is 2.10. The minimum absolute atomic E-state index is 0.187. The van der Waals surface area contributed by atoms with Gasteiger partial charge in [-0.15, -0.1) is 0 Å². The molecule has 88 valence electrons. The molecule has 0 bridgehead atoms. The van der Waals surface area contributed by atoms with Crippen LogP contribution in [0.25, 0.3) is 0 Å². The van der Waals surface area contributed by atoms with Crippen molar-refractivity contribution in [2.24, 2.45) is 0 Å². The molecule has 0 spiro atoms. The van der Waals surface area contributed by atoms with Crippen LogP contribution >= 0.6 is 0 Å². The van der Waals surface area contributed by atoms with Crippen LogP contribution in [0.1, 0.15) is 29.8 Å². The molecule has 4 heteroatoms. The standard InChI is InChI=1S/C12H17NO3/c1-3-13(4-2)7-9-5-11(15)12(16)6-10(9)8-14/h5-6,8,15-16H,3-4,7H2,1-2H3. The fourth-order valence-electron chi connectivity index (χ4n) is 1.57. The summed E-state index contributed by atoms with van der Waals surface area (Å²) in [7, 11) is 0. The van der Waals surface area contributed by atoms with E-state index in [1.807, 2.05) is 13.8 Å². The van der Waals surface area contributed by atoms with E-state index >= 15 is 0 Å². The maximum Gasteiger partial charge on any atom is 0.158 e. The van der Waals surface area contributed by atoms with Crippen molar-refractivity contribution < 1.29 is 15.0 Å². The third-order valence-electron chi connectivity index (χ3n) is 2.65. The Kier molecular flexibility index (Phi) is 4.31. The molecule has 1 aromatic rings. The smallest absolute Gasteiger partial charge is 0.158 e. The maximum atomic E-state index is 10.8. The third-order valence-corrected chi connectivity index (χ3v) is 2.65. The summed E-state index contributed by atoms with van der Waals surface area (Å²) in [4.78, 5) is 13.0. The highest BCUT2D eigenvalue weighted by atomic mass is 16.3. The molecule has 1 aromatic carbocycles. The summed E-state index contributed by atoms with van der Waals surface area (Å²) in [5.41, 5.74) is 1.15. The van der Waals surface area contributed by atoms with Gasteiger partial charge in [0.1, 0.15) is 0 Å². The molecule has 16 heavy (non-hydrogen) atoms. The molecule has 0 unspecified atom stereocenters. The second-order valence-corrected chi connectivity index (χ2v) is 3.62. The highest BCUT2D eigenvalue weighted by molar-refractivity contribution is 5.79. The molecule has 0 aliphatic rings. The van der Waals surface area contributed by atoms with Crippen LogP contribution in [0.5, 0.6) is 11.5 Å². The topological polar surface area (TPSA) is 60.8 Å². The molecule has 0 saturated heterocycles. The van der Waals surface area contributed by atoms with Crippen molar-refractivity contribution >= 4 is 6.29 Å². The van der Waals surface area contributed by atoms with E-state index in [0.717, 1.165) is 18.7 Å². The highest BCUT2D eigenvalue weighted by Crippen LogP contribution is 2.28. The molecule has 0 saturated carbocycles. The van der Waals surface area contributed by atoms with E-state index in [4.69, 9.17) is 0 Å². The molecule has 1 rings (SSSR count). The number of benzene rings is 1. The number of carbonyl (C=O) groups excluding carboxylic acids is 1. The van der Waals surface area contributed by atoms with Gasteiger partial charge in [0, 0.05) is 12.1 Å². The summed E-state index contributed by atoms with van der Waals surface area (Å²) in [5, 5.41) is 18.7. The van der Waals surface area contributed by atoms with Crippen LogP contribution in [0.3, 0.4) is 0 Å². The van der Waals surface area contributed by atoms with Crippen LogP contribution in [-0.2, 0) is 6.54 Å². The molecular weight excluding hydrogens is 206 g/mol. The van der Waals surface area contributed by atoms with Crippen LogP contribution in [0, 0.1) is 0 Å². The van der Waals surface area contributed by atoms with Gasteiger partial charge in [0.15, 0.2) is 17.8 Å². The number of hydrogen-bond acceptors (Lipinski definition) is 4. The third kappa shape index (κ3) is 2.73. The summed E-state index contributed by atoms with van der Waals surface area (Å²) >= 11 is 0. The monoisotopic (exact) mass is 223 g/mol. The van der Waals surface area contributed by atoms with E-state index in [1.54, 1.807) is 0 Å². The number of carbonyl (C=O) groups is 1. The predicted molar refractivity (Wildman–Crippen MR) is 61.8 cm³/mol. The van der Waals surface area contributed by atoms with Gasteiger partial charge in [-0.2, -0.15) is 0 Å². The van der Waals surface area contributed by atoms with Gasteiger partial charge in [0.05, 0.1) is 0 Å². The first-order valence-electron chi connectivity index (χ1n) is 5.34. The van der Waals surface area contributed by atoms with E-state index in [2.05, 4.69) is 4.90 Å². The Morgan fingerprint density at radius 3 is 2.25 bits per heavy atom. The summed E-state index contributed by atoms with van der Waals surface area (Å²) in [6, 6.07) is 2.73. The number of aromatic hydroxyl groups is 2. The number of hydrogen-bond donors (Lipinski definition) is 2. The van der Waals surface area contributed by atoms with Crippen molar-refractivity contribution in [1.82, 2.24) is 4.90 Å². The molecule has 0 aromatic heterocycles. The lowest BCUT2D eigenvalue weighted by atomic mass is 10.1. The van der Waals surface area contributed by atoms with Crippen LogP contribution < -0.4 is 0 Å². The Hall–Kier alpha value is -1.55. The number of nitrogens with zero attached hydrogens (tertiary/aromatic N) is 1. The fraction of sp³-hybridized carbons (Fsp3) is 0.417. The van der Waals surface area contributed by atoms with Crippen LogP contribution in [-0.4, -0.2) is 34.5 Å². The Balaban J connectivity index is 3.02. The number of aldehydes is 1. The van der Waals surface area contributed by atoms with Gasteiger partial charge < -0.3 is 10.2 Å². The van der Waals surface area contributed by atoms with Crippen LogP contribution in [0.15, 0.2) is 12.1 Å². The van der Waals surface area contributed by atoms with E-state index in [0.29, 0.717) is 18.4 Å². The molecule has 0 aliphatic carbocycles. The summed E-state index contributed by atoms with van der Waals surface area (Å²) in [6.07, 6.45) is 0.692. The van der Waals surface area contributed by atoms with Gasteiger partial charge in [0.25, 0.3) is 0 Å². The zero-order chi connectivity index (χ0) is 12.1. The SMILES string of the molecule is CCN(CC)Cc1cc(O)c(O)cc1C=O. The summed E-state index contributed by atoms with van der Waals surface area (Å²) in [6.45, 7) is 6.40. The second kappa shape index (κ2) is 5.51. The Morgan fingerprint density at radius 2 is 1.75 bits per heavy atom. The first-order chi connectivity index (χ1) is 7.62. The largest absolute Gasteiger partial charge is 0.504 e. The van der Waals surface area contributed by atoms with Crippen molar-refractivity contribution in [3.05, 3.63) is 23.3 Å². The number of phenols is 2. The van der Waals surface area contributed by atoms with Crippen molar-refractivity contribution in [3.8, 4) is 11.5 Å². The lowest BCUT2D eigenvalue weighted by Gasteiger charge is -2.19. The Morgan fingerprint density at radius 1 is 1.19 bits per heavy atom. The van der Waals surface area contributed by atoms with Crippen LogP contribution in [0.2, 0.25) is 0 Å². The van der Waals surface area contributed by atoms with E-state index in [1.165, 1.54) is 12.1 Å². The molecule has 4 nitrogen and oxygen atoms in total. The molecular formula is C12H17NO3. The summed E-state index contributed by atoms with van der Waals surface area (Å²) in [5.74, 6) is -0.446. The second-order valence-electron chi connectivity index (χ2n) is 3.62. The van der Waals surface area contributed by atoms with Gasteiger partial charge in [-0.05, 0) is 30.8 Å². The molecule has 0 heterocycles. The molecule has 0 amide bonds. The van der Waals surface area contributed by atoms with E-state index in [9.17, 15) is 15.0 Å². The predicted octanol–water partition coefficient (Wildman–Crippen LogP) is 1.75. The van der Waals surface area contributed by atoms with Crippen molar-refractivity contribution in [2.75, 3.05) is 13.1 Å². The quantitative estimate of drug-likeness (QED) is 0.589. The first-order valence-corrected chi connectivity index (χ1v) is 5.34. The van der Waals surface area contributed by atoms with E-state index < -0.39 is 0 Å². The van der Waals surface area contributed by atoms with E-state index in [-0.39, 0.29) is 11.5 Å². The van der Waals surface area contributed by atoms with Crippen molar-refractivity contribution in [2.45, 2.75) is 20.4 Å². The van der Waals surface area contributed by atoms with Crippen molar-refractivity contribution in [3.63, 3.8) is 0 Å². The molecule has 2 N–H and O–H groups in total. The number of phenolic OH excluding ortho intramolecular Hbond substituents is 2. The Bertz CT molecular complexity index is 373. The van der Waals surface area contributed by atoms with Gasteiger partial charge in [-0.3, -0.25) is 9.69 Å². The molecule has 0 radical (unpaired) electrons. The normalized spacial score (nSPS) is 10.7. The lowest BCUT2D eigenvalue weighted by Crippen LogP contribution is -2.22. The Labute approximate surface area is 95.1 Å². The van der Waals surface area contributed by atoms with Gasteiger partial charge in [0.2, 0.25) is 0 Å². The maximum absolute atomic E-state index is 10.8. The number of rotatable bonds is 5.